The fourth-order valence-electron chi connectivity index (χ4n) is 2.94. The molecule has 2 aromatic rings. The SMILES string of the molecule is CNC(=O)CC1(O)CCCN(c2ncnc3[nH]ccc23)C1. The van der Waals surface area contributed by atoms with Crippen LogP contribution >= 0.6 is 0 Å². The van der Waals surface area contributed by atoms with Crippen molar-refractivity contribution in [1.82, 2.24) is 20.3 Å². The average Bonchev–Trinajstić information content (AvgIpc) is 2.95. The van der Waals surface area contributed by atoms with Crippen LogP contribution in [-0.2, 0) is 4.79 Å². The van der Waals surface area contributed by atoms with E-state index in [1.165, 1.54) is 6.33 Å². The predicted octanol–water partition coefficient (Wildman–Crippen LogP) is 0.425. The van der Waals surface area contributed by atoms with E-state index in [9.17, 15) is 9.90 Å². The number of nitrogens with one attached hydrogen (secondary N) is 2. The van der Waals surface area contributed by atoms with Crippen LogP contribution in [0.3, 0.4) is 0 Å². The molecule has 1 saturated heterocycles. The number of amides is 1. The number of piperidine rings is 1. The van der Waals surface area contributed by atoms with Gasteiger partial charge in [-0.25, -0.2) is 9.97 Å². The Kier molecular flexibility index (Phi) is 3.50. The summed E-state index contributed by atoms with van der Waals surface area (Å²) in [4.78, 5) is 25.2. The molecule has 1 aliphatic rings. The van der Waals surface area contributed by atoms with Crippen LogP contribution in [0.4, 0.5) is 5.82 Å². The lowest BCUT2D eigenvalue weighted by molar-refractivity contribution is -0.125. The predicted molar refractivity (Wildman–Crippen MR) is 79.0 cm³/mol. The number of fused-ring (bicyclic) bond motifs is 1. The minimum absolute atomic E-state index is 0.112. The number of nitrogens with zero attached hydrogens (tertiary/aromatic N) is 3. The highest BCUT2D eigenvalue weighted by Crippen LogP contribution is 2.30. The molecule has 7 nitrogen and oxygen atoms in total. The van der Waals surface area contributed by atoms with Crippen molar-refractivity contribution >= 4 is 22.8 Å². The molecule has 0 radical (unpaired) electrons. The maximum Gasteiger partial charge on any atom is 0.222 e. The van der Waals surface area contributed by atoms with Gasteiger partial charge in [-0.2, -0.15) is 0 Å². The van der Waals surface area contributed by atoms with Gasteiger partial charge in [0, 0.05) is 26.3 Å². The largest absolute Gasteiger partial charge is 0.388 e. The fourth-order valence-corrected chi connectivity index (χ4v) is 2.94. The van der Waals surface area contributed by atoms with E-state index in [0.29, 0.717) is 13.0 Å². The van der Waals surface area contributed by atoms with Crippen LogP contribution in [0.1, 0.15) is 19.3 Å². The monoisotopic (exact) mass is 289 g/mol. The van der Waals surface area contributed by atoms with E-state index < -0.39 is 5.60 Å². The Morgan fingerprint density at radius 3 is 3.24 bits per heavy atom. The first kappa shape index (κ1) is 13.8. The van der Waals surface area contributed by atoms with Gasteiger partial charge in [0.25, 0.3) is 0 Å². The van der Waals surface area contributed by atoms with E-state index in [2.05, 4.69) is 20.3 Å². The van der Waals surface area contributed by atoms with Crippen molar-refractivity contribution < 1.29 is 9.90 Å². The van der Waals surface area contributed by atoms with E-state index in [1.807, 2.05) is 17.2 Å². The lowest BCUT2D eigenvalue weighted by Gasteiger charge is -2.39. The molecule has 2 aromatic heterocycles. The minimum Gasteiger partial charge on any atom is -0.388 e. The Hall–Kier alpha value is -2.15. The number of hydrogen-bond donors (Lipinski definition) is 3. The van der Waals surface area contributed by atoms with E-state index >= 15 is 0 Å². The summed E-state index contributed by atoms with van der Waals surface area (Å²) in [5.74, 6) is 0.658. The number of anilines is 1. The minimum atomic E-state index is -1.01. The molecule has 1 unspecified atom stereocenters. The molecule has 0 saturated carbocycles. The van der Waals surface area contributed by atoms with Gasteiger partial charge in [0.15, 0.2) is 0 Å². The Morgan fingerprint density at radius 1 is 1.57 bits per heavy atom. The van der Waals surface area contributed by atoms with Crippen molar-refractivity contribution in [3.8, 4) is 0 Å². The van der Waals surface area contributed by atoms with Crippen molar-refractivity contribution in [2.24, 2.45) is 0 Å². The van der Waals surface area contributed by atoms with Crippen LogP contribution in [-0.4, -0.2) is 51.7 Å². The van der Waals surface area contributed by atoms with Crippen molar-refractivity contribution in [3.05, 3.63) is 18.6 Å². The van der Waals surface area contributed by atoms with Gasteiger partial charge in [0.1, 0.15) is 17.8 Å². The van der Waals surface area contributed by atoms with Crippen molar-refractivity contribution in [3.63, 3.8) is 0 Å². The lowest BCUT2D eigenvalue weighted by atomic mass is 9.89. The third-order valence-corrected chi connectivity index (χ3v) is 3.96. The molecule has 3 heterocycles. The number of carbonyl (C=O) groups excluding carboxylic acids is 1. The van der Waals surface area contributed by atoms with Crippen LogP contribution in [0.5, 0.6) is 0 Å². The molecule has 3 N–H and O–H groups in total. The number of aliphatic hydroxyl groups is 1. The Labute approximate surface area is 122 Å². The van der Waals surface area contributed by atoms with Crippen LogP contribution in [0.2, 0.25) is 0 Å². The highest BCUT2D eigenvalue weighted by atomic mass is 16.3. The first-order chi connectivity index (χ1) is 10.1. The zero-order valence-electron chi connectivity index (χ0n) is 12.0. The van der Waals surface area contributed by atoms with E-state index in [-0.39, 0.29) is 12.3 Å². The van der Waals surface area contributed by atoms with E-state index in [0.717, 1.165) is 29.8 Å². The highest BCUT2D eigenvalue weighted by molar-refractivity contribution is 5.87. The second-order valence-electron chi connectivity index (χ2n) is 5.54. The maximum absolute atomic E-state index is 11.6. The van der Waals surface area contributed by atoms with Crippen LogP contribution < -0.4 is 10.2 Å². The molecule has 1 atom stereocenters. The number of aromatic nitrogens is 3. The summed E-state index contributed by atoms with van der Waals surface area (Å²) in [5.41, 5.74) is -0.230. The zero-order valence-corrected chi connectivity index (χ0v) is 12.0. The molecule has 1 aliphatic heterocycles. The molecule has 0 aliphatic carbocycles. The van der Waals surface area contributed by atoms with Crippen LogP contribution in [0, 0.1) is 0 Å². The fraction of sp³-hybridized carbons (Fsp3) is 0.500. The van der Waals surface area contributed by atoms with E-state index in [1.54, 1.807) is 7.05 Å². The molecule has 0 spiro atoms. The quantitative estimate of drug-likeness (QED) is 0.761. The summed E-state index contributed by atoms with van der Waals surface area (Å²) in [6.07, 6.45) is 4.90. The van der Waals surface area contributed by atoms with Crippen molar-refractivity contribution in [2.75, 3.05) is 25.0 Å². The summed E-state index contributed by atoms with van der Waals surface area (Å²) >= 11 is 0. The second-order valence-corrected chi connectivity index (χ2v) is 5.54. The van der Waals surface area contributed by atoms with Gasteiger partial charge in [-0.1, -0.05) is 0 Å². The Balaban J connectivity index is 1.86. The van der Waals surface area contributed by atoms with Crippen molar-refractivity contribution in [1.29, 1.82) is 0 Å². The van der Waals surface area contributed by atoms with Gasteiger partial charge in [-0.05, 0) is 18.9 Å². The Bertz CT molecular complexity index is 656. The lowest BCUT2D eigenvalue weighted by Crippen LogP contribution is -2.50. The van der Waals surface area contributed by atoms with E-state index in [4.69, 9.17) is 0 Å². The number of hydrogen-bond acceptors (Lipinski definition) is 5. The molecule has 1 amide bonds. The number of H-pyrrole nitrogens is 1. The molecular weight excluding hydrogens is 270 g/mol. The average molecular weight is 289 g/mol. The summed E-state index contributed by atoms with van der Waals surface area (Å²) in [6.45, 7) is 1.21. The maximum atomic E-state index is 11.6. The van der Waals surface area contributed by atoms with Crippen molar-refractivity contribution in [2.45, 2.75) is 24.9 Å². The van der Waals surface area contributed by atoms with Crippen LogP contribution in [0.25, 0.3) is 11.0 Å². The molecule has 1 fully saturated rings. The molecule has 7 heteroatoms. The number of β-amino-alcohol motifs (C(OH)–C–C–N with tert-alkyl or cyclic N) is 1. The molecule has 0 bridgehead atoms. The Morgan fingerprint density at radius 2 is 2.43 bits per heavy atom. The molecule has 0 aromatic carbocycles. The number of rotatable bonds is 3. The van der Waals surface area contributed by atoms with Crippen LogP contribution in [0.15, 0.2) is 18.6 Å². The highest BCUT2D eigenvalue weighted by Gasteiger charge is 2.36. The van der Waals surface area contributed by atoms with Gasteiger partial charge in [0.05, 0.1) is 17.4 Å². The first-order valence-corrected chi connectivity index (χ1v) is 7.07. The van der Waals surface area contributed by atoms with Gasteiger partial charge >= 0.3 is 0 Å². The third-order valence-electron chi connectivity index (χ3n) is 3.96. The summed E-state index contributed by atoms with van der Waals surface area (Å²) in [7, 11) is 1.58. The normalized spacial score (nSPS) is 22.5. The second kappa shape index (κ2) is 5.33. The van der Waals surface area contributed by atoms with Gasteiger partial charge in [-0.3, -0.25) is 4.79 Å². The zero-order chi connectivity index (χ0) is 14.9. The number of aromatic amines is 1. The topological polar surface area (TPSA) is 94.1 Å². The molecule has 112 valence electrons. The summed E-state index contributed by atoms with van der Waals surface area (Å²) in [5, 5.41) is 14.2. The standard InChI is InChI=1S/C14H19N5O2/c1-15-11(20)7-14(21)4-2-6-19(8-14)13-10-3-5-16-12(10)17-9-18-13/h3,5,9,21H,2,4,6-8H2,1H3,(H,15,20)(H,16,17,18). The molecule has 21 heavy (non-hydrogen) atoms. The summed E-state index contributed by atoms with van der Waals surface area (Å²) in [6, 6.07) is 1.93. The summed E-state index contributed by atoms with van der Waals surface area (Å²) < 4.78 is 0. The molecule has 3 rings (SSSR count). The van der Waals surface area contributed by atoms with Gasteiger partial charge < -0.3 is 20.3 Å². The van der Waals surface area contributed by atoms with Gasteiger partial charge in [0.2, 0.25) is 5.91 Å². The number of carbonyl (C=O) groups is 1. The molecular formula is C14H19N5O2. The first-order valence-electron chi connectivity index (χ1n) is 7.07. The van der Waals surface area contributed by atoms with Gasteiger partial charge in [-0.15, -0.1) is 0 Å². The smallest absolute Gasteiger partial charge is 0.222 e. The third kappa shape index (κ3) is 2.69.